The number of anilines is 1. The summed E-state index contributed by atoms with van der Waals surface area (Å²) in [6.45, 7) is 3.47. The Morgan fingerprint density at radius 1 is 1.15 bits per heavy atom. The molecule has 0 radical (unpaired) electrons. The van der Waals surface area contributed by atoms with Crippen LogP contribution in [-0.2, 0) is 11.3 Å². The molecule has 1 N–H and O–H groups in total. The van der Waals surface area contributed by atoms with Crippen molar-refractivity contribution in [1.29, 1.82) is 0 Å². The van der Waals surface area contributed by atoms with E-state index in [4.69, 9.17) is 4.74 Å². The number of rotatable bonds is 5. The van der Waals surface area contributed by atoms with Crippen molar-refractivity contribution >= 4 is 23.1 Å². The molecule has 6 nitrogen and oxygen atoms in total. The molecule has 0 unspecified atom stereocenters. The minimum Gasteiger partial charge on any atom is -0.378 e. The number of nitrogens with one attached hydrogen (secondary N) is 1. The van der Waals surface area contributed by atoms with Crippen molar-refractivity contribution in [3.8, 4) is 10.6 Å². The zero-order valence-electron chi connectivity index (χ0n) is 14.8. The van der Waals surface area contributed by atoms with Gasteiger partial charge in [-0.15, -0.1) is 11.3 Å². The largest absolute Gasteiger partial charge is 0.378 e. The molecule has 0 aliphatic carbocycles. The Morgan fingerprint density at radius 3 is 2.70 bits per heavy atom. The number of nitrogens with zero attached hydrogens (tertiary/aromatic N) is 3. The van der Waals surface area contributed by atoms with Crippen molar-refractivity contribution in [3.05, 3.63) is 65.3 Å². The van der Waals surface area contributed by atoms with E-state index < -0.39 is 0 Å². The average molecular weight is 380 g/mol. The molecule has 2 aromatic heterocycles. The molecule has 1 amide bonds. The van der Waals surface area contributed by atoms with Crippen LogP contribution in [0.15, 0.2) is 54.0 Å². The van der Waals surface area contributed by atoms with Crippen LogP contribution >= 0.6 is 11.3 Å². The fourth-order valence-electron chi connectivity index (χ4n) is 2.87. The van der Waals surface area contributed by atoms with Crippen LogP contribution in [0.3, 0.4) is 0 Å². The maximum absolute atomic E-state index is 12.4. The molecule has 1 saturated heterocycles. The van der Waals surface area contributed by atoms with E-state index in [9.17, 15) is 4.79 Å². The van der Waals surface area contributed by atoms with Crippen molar-refractivity contribution in [2.45, 2.75) is 6.54 Å². The molecular weight excluding hydrogens is 360 g/mol. The van der Waals surface area contributed by atoms with E-state index in [0.29, 0.717) is 25.3 Å². The van der Waals surface area contributed by atoms with E-state index >= 15 is 0 Å². The number of benzene rings is 1. The zero-order valence-corrected chi connectivity index (χ0v) is 15.6. The molecule has 0 spiro atoms. The first-order valence-electron chi connectivity index (χ1n) is 8.86. The Labute approximate surface area is 161 Å². The van der Waals surface area contributed by atoms with E-state index in [0.717, 1.165) is 35.2 Å². The number of carbonyl (C=O) groups excluding carboxylic acids is 1. The fourth-order valence-corrected chi connectivity index (χ4v) is 3.70. The molecular formula is C20H20N4O2S. The van der Waals surface area contributed by atoms with Gasteiger partial charge in [0, 0.05) is 30.2 Å². The Kier molecular flexibility index (Phi) is 5.41. The molecule has 3 heterocycles. The van der Waals surface area contributed by atoms with Gasteiger partial charge in [-0.2, -0.15) is 0 Å². The molecule has 1 aliphatic rings. The van der Waals surface area contributed by atoms with Gasteiger partial charge in [-0.3, -0.25) is 4.79 Å². The lowest BCUT2D eigenvalue weighted by Crippen LogP contribution is -2.36. The predicted molar refractivity (Wildman–Crippen MR) is 106 cm³/mol. The number of pyridine rings is 1. The molecule has 1 aliphatic heterocycles. The molecule has 138 valence electrons. The van der Waals surface area contributed by atoms with Crippen LogP contribution < -0.4 is 10.2 Å². The smallest absolute Gasteiger partial charge is 0.253 e. The summed E-state index contributed by atoms with van der Waals surface area (Å²) in [6.07, 6.45) is 1.62. The van der Waals surface area contributed by atoms with Gasteiger partial charge in [-0.05, 0) is 12.1 Å². The highest BCUT2D eigenvalue weighted by Gasteiger charge is 2.13. The van der Waals surface area contributed by atoms with Gasteiger partial charge in [0.2, 0.25) is 0 Å². The van der Waals surface area contributed by atoms with Crippen LogP contribution in [0.5, 0.6) is 0 Å². The summed E-state index contributed by atoms with van der Waals surface area (Å²) in [5.41, 5.74) is 2.48. The Hall–Kier alpha value is -2.77. The lowest BCUT2D eigenvalue weighted by molar-refractivity contribution is 0.0950. The minimum absolute atomic E-state index is 0.148. The molecule has 7 heteroatoms. The van der Waals surface area contributed by atoms with Crippen molar-refractivity contribution in [2.24, 2.45) is 0 Å². The molecule has 1 aromatic carbocycles. The molecule has 0 saturated carbocycles. The van der Waals surface area contributed by atoms with Gasteiger partial charge in [0.05, 0.1) is 31.0 Å². The van der Waals surface area contributed by atoms with Crippen LogP contribution in [0.4, 0.5) is 5.82 Å². The van der Waals surface area contributed by atoms with Crippen molar-refractivity contribution in [2.75, 3.05) is 31.2 Å². The number of aromatic nitrogens is 2. The SMILES string of the molecule is O=C(NCc1csc(-c2ccccc2)n1)c1ccc(N2CCOCC2)nc1. The fraction of sp³-hybridized carbons (Fsp3) is 0.250. The summed E-state index contributed by atoms with van der Waals surface area (Å²) < 4.78 is 5.35. The van der Waals surface area contributed by atoms with Gasteiger partial charge in [0.15, 0.2) is 0 Å². The van der Waals surface area contributed by atoms with Gasteiger partial charge in [-0.1, -0.05) is 30.3 Å². The van der Waals surface area contributed by atoms with Crippen LogP contribution in [0.25, 0.3) is 10.6 Å². The summed E-state index contributed by atoms with van der Waals surface area (Å²) in [6, 6.07) is 13.7. The third-order valence-electron chi connectivity index (χ3n) is 4.35. The summed E-state index contributed by atoms with van der Waals surface area (Å²) in [7, 11) is 0. The van der Waals surface area contributed by atoms with Crippen LogP contribution in [0.2, 0.25) is 0 Å². The van der Waals surface area contributed by atoms with Gasteiger partial charge >= 0.3 is 0 Å². The number of morpholine rings is 1. The third-order valence-corrected chi connectivity index (χ3v) is 5.29. The lowest BCUT2D eigenvalue weighted by Gasteiger charge is -2.27. The predicted octanol–water partition coefficient (Wildman–Crippen LogP) is 2.97. The van der Waals surface area contributed by atoms with E-state index in [1.54, 1.807) is 17.5 Å². The topological polar surface area (TPSA) is 67.4 Å². The summed E-state index contributed by atoms with van der Waals surface area (Å²) in [5, 5.41) is 5.84. The number of ether oxygens (including phenoxy) is 1. The zero-order chi connectivity index (χ0) is 18.5. The maximum atomic E-state index is 12.4. The molecule has 1 fully saturated rings. The number of amides is 1. The molecule has 27 heavy (non-hydrogen) atoms. The Balaban J connectivity index is 1.35. The maximum Gasteiger partial charge on any atom is 0.253 e. The summed E-state index contributed by atoms with van der Waals surface area (Å²) in [5.74, 6) is 0.729. The molecule has 0 atom stereocenters. The average Bonchev–Trinajstić information content (AvgIpc) is 3.22. The quantitative estimate of drug-likeness (QED) is 0.737. The number of carbonyl (C=O) groups is 1. The van der Waals surface area contributed by atoms with Gasteiger partial charge in [-0.25, -0.2) is 9.97 Å². The van der Waals surface area contributed by atoms with Gasteiger partial charge < -0.3 is 15.0 Å². The lowest BCUT2D eigenvalue weighted by atomic mass is 10.2. The van der Waals surface area contributed by atoms with E-state index in [2.05, 4.69) is 20.2 Å². The highest BCUT2D eigenvalue weighted by atomic mass is 32.1. The summed E-state index contributed by atoms with van der Waals surface area (Å²) >= 11 is 1.58. The second kappa shape index (κ2) is 8.28. The Morgan fingerprint density at radius 2 is 1.96 bits per heavy atom. The number of hydrogen-bond acceptors (Lipinski definition) is 6. The van der Waals surface area contributed by atoms with E-state index in [1.807, 2.05) is 47.8 Å². The number of hydrogen-bond donors (Lipinski definition) is 1. The monoisotopic (exact) mass is 380 g/mol. The minimum atomic E-state index is -0.148. The normalized spacial score (nSPS) is 14.1. The number of thiazole rings is 1. The van der Waals surface area contributed by atoms with Gasteiger partial charge in [0.25, 0.3) is 5.91 Å². The first-order valence-corrected chi connectivity index (χ1v) is 9.74. The Bertz CT molecular complexity index is 890. The molecule has 0 bridgehead atoms. The van der Waals surface area contributed by atoms with E-state index in [-0.39, 0.29) is 5.91 Å². The first-order chi connectivity index (χ1) is 13.3. The van der Waals surface area contributed by atoms with Crippen molar-refractivity contribution in [1.82, 2.24) is 15.3 Å². The second-order valence-electron chi connectivity index (χ2n) is 6.20. The van der Waals surface area contributed by atoms with Crippen molar-refractivity contribution in [3.63, 3.8) is 0 Å². The van der Waals surface area contributed by atoms with E-state index in [1.165, 1.54) is 0 Å². The highest BCUT2D eigenvalue weighted by molar-refractivity contribution is 7.13. The van der Waals surface area contributed by atoms with Crippen LogP contribution in [-0.4, -0.2) is 42.2 Å². The van der Waals surface area contributed by atoms with Crippen LogP contribution in [0.1, 0.15) is 16.1 Å². The third kappa shape index (κ3) is 4.32. The molecule has 4 rings (SSSR count). The summed E-state index contributed by atoms with van der Waals surface area (Å²) in [4.78, 5) is 23.5. The van der Waals surface area contributed by atoms with Crippen molar-refractivity contribution < 1.29 is 9.53 Å². The highest BCUT2D eigenvalue weighted by Crippen LogP contribution is 2.23. The van der Waals surface area contributed by atoms with Gasteiger partial charge in [0.1, 0.15) is 10.8 Å². The first kappa shape index (κ1) is 17.6. The van der Waals surface area contributed by atoms with Crippen LogP contribution in [0, 0.1) is 0 Å². The second-order valence-corrected chi connectivity index (χ2v) is 7.06. The standard InChI is InChI=1S/C20H20N4O2S/c25-19(16-6-7-18(21-12-16)24-8-10-26-11-9-24)22-13-17-14-27-20(23-17)15-4-2-1-3-5-15/h1-7,12,14H,8-11,13H2,(H,22,25). The molecule has 3 aromatic rings.